The van der Waals surface area contributed by atoms with Crippen LogP contribution >= 0.6 is 0 Å². The van der Waals surface area contributed by atoms with Gasteiger partial charge >= 0.3 is 6.18 Å². The summed E-state index contributed by atoms with van der Waals surface area (Å²) in [4.78, 5) is 12.6. The van der Waals surface area contributed by atoms with Crippen LogP contribution in [0.15, 0.2) is 48.9 Å². The Hall–Kier alpha value is -3.82. The van der Waals surface area contributed by atoms with Crippen LogP contribution in [-0.4, -0.2) is 29.3 Å². The largest absolute Gasteiger partial charge is 0.416 e. The topological polar surface area (TPSA) is 61.4 Å². The Morgan fingerprint density at radius 1 is 1.06 bits per heavy atom. The zero-order valence-corrected chi connectivity index (χ0v) is 18.2. The molecule has 0 saturated carbocycles. The molecule has 6 nitrogen and oxygen atoms in total. The molecule has 3 aromatic heterocycles. The molecule has 1 aromatic carbocycles. The first-order valence-corrected chi connectivity index (χ1v) is 10.8. The lowest BCUT2D eigenvalue weighted by molar-refractivity contribution is -0.138. The minimum atomic E-state index is -4.45. The van der Waals surface area contributed by atoms with E-state index in [9.17, 15) is 17.6 Å². The van der Waals surface area contributed by atoms with Gasteiger partial charge in [-0.25, -0.2) is 19.6 Å². The highest BCUT2D eigenvalue weighted by Crippen LogP contribution is 2.40. The van der Waals surface area contributed by atoms with Crippen molar-refractivity contribution in [3.8, 4) is 5.69 Å². The van der Waals surface area contributed by atoms with Gasteiger partial charge in [-0.1, -0.05) is 18.2 Å². The van der Waals surface area contributed by atoms with Gasteiger partial charge in [0.25, 0.3) is 0 Å². The molecule has 4 aromatic rings. The Morgan fingerprint density at radius 2 is 1.88 bits per heavy atom. The maximum Gasteiger partial charge on any atom is 0.416 e. The van der Waals surface area contributed by atoms with E-state index in [-0.39, 0.29) is 11.3 Å². The average Bonchev–Trinajstić information content (AvgIpc) is 3.43. The molecule has 0 saturated heterocycles. The van der Waals surface area contributed by atoms with Gasteiger partial charge in [0, 0.05) is 18.7 Å². The van der Waals surface area contributed by atoms with Gasteiger partial charge in [-0.3, -0.25) is 0 Å². The zero-order chi connectivity index (χ0) is 23.9. The minimum Gasteiger partial charge on any atom is -0.302 e. The van der Waals surface area contributed by atoms with Crippen LogP contribution in [0.4, 0.5) is 17.6 Å². The Kier molecular flexibility index (Phi) is 5.51. The Labute approximate surface area is 192 Å². The van der Waals surface area contributed by atoms with Crippen LogP contribution in [0.1, 0.15) is 52.9 Å². The van der Waals surface area contributed by atoms with Crippen LogP contribution in [0.5, 0.6) is 0 Å². The monoisotopic (exact) mass is 468 g/mol. The third-order valence-electron chi connectivity index (χ3n) is 5.78. The quantitative estimate of drug-likeness (QED) is 0.296. The molecule has 1 aliphatic heterocycles. The van der Waals surface area contributed by atoms with Crippen molar-refractivity contribution in [2.45, 2.75) is 38.4 Å². The van der Waals surface area contributed by atoms with E-state index in [1.807, 2.05) is 6.92 Å². The Bertz CT molecular complexity index is 1370. The van der Waals surface area contributed by atoms with Crippen molar-refractivity contribution in [1.29, 1.82) is 0 Å². The Morgan fingerprint density at radius 3 is 2.62 bits per heavy atom. The molecular weight excluding hydrogens is 448 g/mol. The zero-order valence-electron chi connectivity index (χ0n) is 18.2. The Balaban J connectivity index is 1.42. The van der Waals surface area contributed by atoms with E-state index in [0.717, 1.165) is 11.8 Å². The molecule has 1 aliphatic rings. The van der Waals surface area contributed by atoms with Crippen molar-refractivity contribution in [1.82, 2.24) is 29.3 Å². The number of rotatable bonds is 4. The van der Waals surface area contributed by atoms with Gasteiger partial charge in [-0.05, 0) is 55.7 Å². The predicted octanol–water partition coefficient (Wildman–Crippen LogP) is 5.42. The van der Waals surface area contributed by atoms with Crippen molar-refractivity contribution >= 4 is 12.2 Å². The summed E-state index contributed by atoms with van der Waals surface area (Å²) in [5, 5.41) is 4.43. The smallest absolute Gasteiger partial charge is 0.302 e. The fraction of sp³-hybridized carbons (Fsp3) is 0.250. The van der Waals surface area contributed by atoms with E-state index in [0.29, 0.717) is 36.7 Å². The van der Waals surface area contributed by atoms with Crippen LogP contribution in [0.25, 0.3) is 17.8 Å². The number of aryl methyl sites for hydroxylation is 2. The van der Waals surface area contributed by atoms with E-state index in [1.54, 1.807) is 45.8 Å². The van der Waals surface area contributed by atoms with Crippen LogP contribution in [0.2, 0.25) is 0 Å². The van der Waals surface area contributed by atoms with E-state index >= 15 is 0 Å². The third-order valence-corrected chi connectivity index (χ3v) is 5.78. The minimum absolute atomic E-state index is 0.202. The van der Waals surface area contributed by atoms with Gasteiger partial charge in [0.15, 0.2) is 5.82 Å². The molecule has 174 valence electrons. The molecule has 5 rings (SSSR count). The second kappa shape index (κ2) is 8.51. The number of imidazole rings is 1. The summed E-state index contributed by atoms with van der Waals surface area (Å²) >= 11 is 0. The van der Waals surface area contributed by atoms with Crippen LogP contribution < -0.4 is 0 Å². The summed E-state index contributed by atoms with van der Waals surface area (Å²) in [6.07, 6.45) is 3.17. The molecule has 1 atom stereocenters. The number of hydrogen-bond acceptors (Lipinski definition) is 4. The highest BCUT2D eigenvalue weighted by Gasteiger charge is 2.37. The summed E-state index contributed by atoms with van der Waals surface area (Å²) < 4.78 is 58.4. The molecule has 4 heterocycles. The van der Waals surface area contributed by atoms with Crippen molar-refractivity contribution in [3.05, 3.63) is 89.0 Å². The molecule has 0 aliphatic carbocycles. The lowest BCUT2D eigenvalue weighted by Gasteiger charge is -2.25. The fourth-order valence-electron chi connectivity index (χ4n) is 4.23. The number of fused-ring (bicyclic) bond motifs is 1. The molecule has 10 heteroatoms. The number of aromatic nitrogens is 6. The van der Waals surface area contributed by atoms with Crippen molar-refractivity contribution in [2.24, 2.45) is 0 Å². The van der Waals surface area contributed by atoms with Gasteiger partial charge < -0.3 is 4.57 Å². The first-order chi connectivity index (χ1) is 16.3. The second-order valence-corrected chi connectivity index (χ2v) is 8.13. The summed E-state index contributed by atoms with van der Waals surface area (Å²) in [5.41, 5.74) is 0.952. The standard InChI is InChI=1S/C24H20F4N6/c1-15-13-33(14-29-15)20-10-8-16(30-22(20)25)9-11-21-31-23-18(6-4-12-34(23)32-21)17-5-2-3-7-19(17)24(26,27)28/h2-3,5,7-11,13-14,18H,4,6,12H2,1H3/b11-9+. The third kappa shape index (κ3) is 4.23. The van der Waals surface area contributed by atoms with Gasteiger partial charge in [0.2, 0.25) is 5.95 Å². The molecule has 0 amide bonds. The predicted molar refractivity (Wildman–Crippen MR) is 118 cm³/mol. The SMILES string of the molecule is Cc1cn(-c2ccc(/C=C/c3nc4n(n3)CCCC4c3ccccc3C(F)(F)F)nc2F)cn1. The first-order valence-electron chi connectivity index (χ1n) is 10.8. The maximum atomic E-state index is 14.5. The molecular formula is C24H20F4N6. The first kappa shape index (κ1) is 22.0. The molecule has 0 spiro atoms. The highest BCUT2D eigenvalue weighted by atomic mass is 19.4. The van der Waals surface area contributed by atoms with Crippen molar-refractivity contribution in [3.63, 3.8) is 0 Å². The average molecular weight is 468 g/mol. The number of hydrogen-bond donors (Lipinski definition) is 0. The highest BCUT2D eigenvalue weighted by molar-refractivity contribution is 5.65. The van der Waals surface area contributed by atoms with Crippen molar-refractivity contribution in [2.75, 3.05) is 0 Å². The summed E-state index contributed by atoms with van der Waals surface area (Å²) in [5.74, 6) is -0.328. The van der Waals surface area contributed by atoms with Gasteiger partial charge in [-0.15, -0.1) is 0 Å². The fourth-order valence-corrected chi connectivity index (χ4v) is 4.23. The number of benzene rings is 1. The number of pyridine rings is 1. The van der Waals surface area contributed by atoms with E-state index in [1.165, 1.54) is 18.5 Å². The van der Waals surface area contributed by atoms with Crippen LogP contribution in [-0.2, 0) is 12.7 Å². The molecule has 0 fully saturated rings. The van der Waals surface area contributed by atoms with Gasteiger partial charge in [-0.2, -0.15) is 22.7 Å². The van der Waals surface area contributed by atoms with E-state index < -0.39 is 23.6 Å². The van der Waals surface area contributed by atoms with E-state index in [4.69, 9.17) is 0 Å². The molecule has 0 N–H and O–H groups in total. The summed E-state index contributed by atoms with van der Waals surface area (Å²) in [6, 6.07) is 8.85. The number of halogens is 4. The molecule has 0 radical (unpaired) electrons. The number of alkyl halides is 3. The summed E-state index contributed by atoms with van der Waals surface area (Å²) in [6.45, 7) is 2.38. The lowest BCUT2D eigenvalue weighted by atomic mass is 9.88. The van der Waals surface area contributed by atoms with Gasteiger partial charge in [0.05, 0.1) is 23.3 Å². The summed E-state index contributed by atoms with van der Waals surface area (Å²) in [7, 11) is 0. The second-order valence-electron chi connectivity index (χ2n) is 8.13. The van der Waals surface area contributed by atoms with E-state index in [2.05, 4.69) is 20.1 Å². The number of nitrogens with zero attached hydrogens (tertiary/aromatic N) is 6. The molecule has 34 heavy (non-hydrogen) atoms. The normalized spacial score (nSPS) is 16.2. The van der Waals surface area contributed by atoms with Crippen molar-refractivity contribution < 1.29 is 17.6 Å². The molecule has 0 bridgehead atoms. The molecule has 1 unspecified atom stereocenters. The maximum absolute atomic E-state index is 14.5. The van der Waals surface area contributed by atoms with Crippen LogP contribution in [0, 0.1) is 12.9 Å². The lowest BCUT2D eigenvalue weighted by Crippen LogP contribution is -2.21. The van der Waals surface area contributed by atoms with Gasteiger partial charge in [0.1, 0.15) is 11.5 Å². The van der Waals surface area contributed by atoms with Crippen LogP contribution in [0.3, 0.4) is 0 Å².